The second-order valence-electron chi connectivity index (χ2n) is 6.32. The minimum atomic E-state index is -3.08. The number of carbonyl (C=O) groups excluding carboxylic acids is 1. The summed E-state index contributed by atoms with van der Waals surface area (Å²) in [6.45, 7) is -3.09. The number of benzene rings is 1. The lowest BCUT2D eigenvalue weighted by Crippen LogP contribution is -2.46. The molecule has 0 aliphatic heterocycles. The Morgan fingerprint density at radius 2 is 2.08 bits per heavy atom. The van der Waals surface area contributed by atoms with Crippen LogP contribution in [0.3, 0.4) is 0 Å². The normalized spacial score (nSPS) is 28.2. The first-order chi connectivity index (χ1) is 11.5. The molecule has 8 heteroatoms. The first-order valence-electron chi connectivity index (χ1n) is 7.90. The van der Waals surface area contributed by atoms with Crippen LogP contribution in [-0.4, -0.2) is 30.4 Å². The molecule has 2 amide bonds. The molecule has 0 aromatic heterocycles. The highest BCUT2D eigenvalue weighted by Gasteiger charge is 2.47. The Labute approximate surface area is 137 Å². The lowest BCUT2D eigenvalue weighted by molar-refractivity contribution is -0.0494. The number of hydrogen-bond donors (Lipinski definition) is 3. The monoisotopic (exact) mass is 344 g/mol. The predicted octanol–water partition coefficient (Wildman–Crippen LogP) is 2.96. The Morgan fingerprint density at radius 1 is 1.33 bits per heavy atom. The highest BCUT2D eigenvalue weighted by atomic mass is 19.3. The van der Waals surface area contributed by atoms with E-state index in [1.54, 1.807) is 0 Å². The van der Waals surface area contributed by atoms with Crippen LogP contribution in [0.5, 0.6) is 5.75 Å². The molecule has 3 N–H and O–H groups in total. The van der Waals surface area contributed by atoms with Crippen molar-refractivity contribution in [3.05, 3.63) is 24.0 Å². The molecule has 2 bridgehead atoms. The number of hydrogen-bond acceptors (Lipinski definition) is 3. The molecular weight excluding hydrogens is 325 g/mol. The summed E-state index contributed by atoms with van der Waals surface area (Å²) in [4.78, 5) is 12.2. The Balaban J connectivity index is 1.68. The van der Waals surface area contributed by atoms with Crippen LogP contribution in [-0.2, 0) is 0 Å². The van der Waals surface area contributed by atoms with Crippen LogP contribution in [0.4, 0.5) is 23.7 Å². The fourth-order valence-corrected chi connectivity index (χ4v) is 4.01. The molecule has 0 spiro atoms. The van der Waals surface area contributed by atoms with Gasteiger partial charge in [0.1, 0.15) is 11.6 Å². The molecule has 4 atom stereocenters. The predicted molar refractivity (Wildman–Crippen MR) is 80.4 cm³/mol. The largest absolute Gasteiger partial charge is 0.433 e. The van der Waals surface area contributed by atoms with Crippen molar-refractivity contribution in [3.8, 4) is 5.75 Å². The molecule has 1 aromatic rings. The number of aliphatic hydroxyl groups is 1. The van der Waals surface area contributed by atoms with E-state index in [0.717, 1.165) is 37.5 Å². The third-order valence-corrected chi connectivity index (χ3v) is 5.00. The fourth-order valence-electron chi connectivity index (χ4n) is 4.01. The Morgan fingerprint density at radius 3 is 2.79 bits per heavy atom. The number of carbonyl (C=O) groups is 1. The van der Waals surface area contributed by atoms with Gasteiger partial charge in [-0.2, -0.15) is 8.78 Å². The smallest absolute Gasteiger partial charge is 0.387 e. The second-order valence-corrected chi connectivity index (χ2v) is 6.32. The molecule has 1 aromatic carbocycles. The molecule has 2 fully saturated rings. The molecule has 132 valence electrons. The summed E-state index contributed by atoms with van der Waals surface area (Å²) in [5.74, 6) is -0.286. The molecule has 3 rings (SSSR count). The van der Waals surface area contributed by atoms with E-state index in [0.29, 0.717) is 11.8 Å². The van der Waals surface area contributed by atoms with E-state index in [9.17, 15) is 23.1 Å². The van der Waals surface area contributed by atoms with Gasteiger partial charge in [-0.1, -0.05) is 0 Å². The SMILES string of the molecule is O=C(Nc1cc(F)ccc1OC(F)F)NC1C2CCC(C2)C1CO. The van der Waals surface area contributed by atoms with Gasteiger partial charge >= 0.3 is 12.6 Å². The van der Waals surface area contributed by atoms with Gasteiger partial charge in [0.15, 0.2) is 0 Å². The number of urea groups is 1. The average molecular weight is 344 g/mol. The summed E-state index contributed by atoms with van der Waals surface area (Å²) in [6.07, 6.45) is 3.01. The highest BCUT2D eigenvalue weighted by Crippen LogP contribution is 2.48. The summed E-state index contributed by atoms with van der Waals surface area (Å²) < 4.78 is 42.4. The summed E-state index contributed by atoms with van der Waals surface area (Å²) >= 11 is 0. The molecule has 2 saturated carbocycles. The van der Waals surface area contributed by atoms with E-state index in [1.165, 1.54) is 0 Å². The van der Waals surface area contributed by atoms with Gasteiger partial charge in [-0.15, -0.1) is 0 Å². The molecule has 4 unspecified atom stereocenters. The minimum absolute atomic E-state index is 0.00112. The number of nitrogens with one attached hydrogen (secondary N) is 2. The number of ether oxygens (including phenoxy) is 1. The van der Waals surface area contributed by atoms with Gasteiger partial charge in [-0.05, 0) is 43.2 Å². The zero-order valence-electron chi connectivity index (χ0n) is 12.8. The first-order valence-corrected chi connectivity index (χ1v) is 7.90. The third kappa shape index (κ3) is 3.43. The van der Waals surface area contributed by atoms with Crippen molar-refractivity contribution in [2.24, 2.45) is 17.8 Å². The molecule has 5 nitrogen and oxygen atoms in total. The Bertz CT molecular complexity index is 614. The molecule has 24 heavy (non-hydrogen) atoms. The zero-order valence-corrected chi connectivity index (χ0v) is 12.8. The van der Waals surface area contributed by atoms with Crippen LogP contribution < -0.4 is 15.4 Å². The van der Waals surface area contributed by atoms with Crippen molar-refractivity contribution in [3.63, 3.8) is 0 Å². The molecule has 2 aliphatic rings. The second kappa shape index (κ2) is 6.88. The van der Waals surface area contributed by atoms with E-state index in [2.05, 4.69) is 15.4 Å². The average Bonchev–Trinajstić information content (AvgIpc) is 3.10. The van der Waals surface area contributed by atoms with Crippen LogP contribution in [0, 0.1) is 23.6 Å². The standard InChI is InChI=1S/C16H19F3N2O3/c17-10-3-4-13(24-15(18)19)12(6-10)20-16(23)21-14-9-2-1-8(5-9)11(14)7-22/h3-4,6,8-9,11,14-15,22H,1-2,5,7H2,(H2,20,21,23). The van der Waals surface area contributed by atoms with Gasteiger partial charge in [0.2, 0.25) is 0 Å². The van der Waals surface area contributed by atoms with Crippen molar-refractivity contribution >= 4 is 11.7 Å². The summed E-state index contributed by atoms with van der Waals surface area (Å²) in [7, 11) is 0. The molecule has 0 radical (unpaired) electrons. The van der Waals surface area contributed by atoms with E-state index >= 15 is 0 Å². The molecule has 0 heterocycles. The Kier molecular flexibility index (Phi) is 4.84. The maximum absolute atomic E-state index is 13.3. The van der Waals surface area contributed by atoms with Crippen LogP contribution >= 0.6 is 0 Å². The highest BCUT2D eigenvalue weighted by molar-refractivity contribution is 5.91. The van der Waals surface area contributed by atoms with Crippen molar-refractivity contribution in [2.75, 3.05) is 11.9 Å². The van der Waals surface area contributed by atoms with E-state index < -0.39 is 18.5 Å². The number of aliphatic hydroxyl groups excluding tert-OH is 1. The van der Waals surface area contributed by atoms with Crippen molar-refractivity contribution in [1.82, 2.24) is 5.32 Å². The summed E-state index contributed by atoms with van der Waals surface area (Å²) in [5.41, 5.74) is -0.170. The topological polar surface area (TPSA) is 70.6 Å². The number of halogens is 3. The van der Waals surface area contributed by atoms with Gasteiger partial charge in [0.05, 0.1) is 5.69 Å². The molecule has 0 saturated heterocycles. The fraction of sp³-hybridized carbons (Fsp3) is 0.562. The number of alkyl halides is 2. The van der Waals surface area contributed by atoms with E-state index in [1.807, 2.05) is 0 Å². The van der Waals surface area contributed by atoms with Crippen LogP contribution in [0.1, 0.15) is 19.3 Å². The van der Waals surface area contributed by atoms with Crippen molar-refractivity contribution in [2.45, 2.75) is 31.9 Å². The van der Waals surface area contributed by atoms with Crippen molar-refractivity contribution < 1.29 is 27.8 Å². The zero-order chi connectivity index (χ0) is 17.3. The first kappa shape index (κ1) is 16.9. The molecular formula is C16H19F3N2O3. The number of anilines is 1. The van der Waals surface area contributed by atoms with Gasteiger partial charge < -0.3 is 20.5 Å². The van der Waals surface area contributed by atoms with Gasteiger partial charge in [0, 0.05) is 24.6 Å². The number of amides is 2. The van der Waals surface area contributed by atoms with E-state index in [4.69, 9.17) is 0 Å². The quantitative estimate of drug-likeness (QED) is 0.769. The van der Waals surface area contributed by atoms with Gasteiger partial charge in [-0.3, -0.25) is 0 Å². The lowest BCUT2D eigenvalue weighted by Gasteiger charge is -2.30. The van der Waals surface area contributed by atoms with Crippen LogP contribution in [0.15, 0.2) is 18.2 Å². The molecule has 2 aliphatic carbocycles. The summed E-state index contributed by atoms with van der Waals surface area (Å²) in [5, 5.41) is 14.7. The van der Waals surface area contributed by atoms with Gasteiger partial charge in [-0.25, -0.2) is 9.18 Å². The van der Waals surface area contributed by atoms with Crippen LogP contribution in [0.25, 0.3) is 0 Å². The van der Waals surface area contributed by atoms with Crippen LogP contribution in [0.2, 0.25) is 0 Å². The maximum atomic E-state index is 13.3. The van der Waals surface area contributed by atoms with Crippen molar-refractivity contribution in [1.29, 1.82) is 0 Å². The Hall–Kier alpha value is -1.96. The number of rotatable bonds is 5. The summed E-state index contributed by atoms with van der Waals surface area (Å²) in [6, 6.07) is 2.13. The lowest BCUT2D eigenvalue weighted by atomic mass is 9.85. The maximum Gasteiger partial charge on any atom is 0.387 e. The number of fused-ring (bicyclic) bond motifs is 2. The minimum Gasteiger partial charge on any atom is -0.433 e. The van der Waals surface area contributed by atoms with E-state index in [-0.39, 0.29) is 30.0 Å². The third-order valence-electron chi connectivity index (χ3n) is 5.00. The van der Waals surface area contributed by atoms with Gasteiger partial charge in [0.25, 0.3) is 0 Å².